The summed E-state index contributed by atoms with van der Waals surface area (Å²) in [6.45, 7) is 0. The molecule has 24 heavy (non-hydrogen) atoms. The molecule has 0 radical (unpaired) electrons. The molecule has 0 saturated heterocycles. The fraction of sp³-hybridized carbons (Fsp3) is 0. The van der Waals surface area contributed by atoms with Crippen molar-refractivity contribution in [3.8, 4) is 0 Å². The zero-order valence-electron chi connectivity index (χ0n) is 12.4. The Hall–Kier alpha value is -3.10. The molecule has 0 unspecified atom stereocenters. The molecule has 2 N–H and O–H groups in total. The van der Waals surface area contributed by atoms with Crippen molar-refractivity contribution in [2.24, 2.45) is 0 Å². The first-order valence-corrected chi connectivity index (χ1v) is 7.10. The molecule has 120 valence electrons. The summed E-state index contributed by atoms with van der Waals surface area (Å²) in [4.78, 5) is 12.1. The van der Waals surface area contributed by atoms with Crippen molar-refractivity contribution in [1.82, 2.24) is 0 Å². The lowest BCUT2D eigenvalue weighted by molar-refractivity contribution is -0.384. The van der Waals surface area contributed by atoms with Crippen LogP contribution in [0.25, 0.3) is 0 Å². The fourth-order valence-corrected chi connectivity index (χ4v) is 2.32. The molecule has 1 aromatic heterocycles. The Labute approximate surface area is 137 Å². The van der Waals surface area contributed by atoms with Crippen LogP contribution in [0, 0.1) is 10.1 Å². The van der Waals surface area contributed by atoms with Crippen molar-refractivity contribution in [2.45, 2.75) is 0 Å². The van der Waals surface area contributed by atoms with Gasteiger partial charge in [-0.25, -0.2) is 0 Å². The number of hydrogen-bond acceptors (Lipinski definition) is 6. The van der Waals surface area contributed by atoms with Crippen LogP contribution in [0.1, 0.15) is 0 Å². The van der Waals surface area contributed by atoms with Crippen molar-refractivity contribution < 1.29 is 19.4 Å². The molecule has 2 aromatic carbocycles. The van der Waals surface area contributed by atoms with Crippen molar-refractivity contribution >= 4 is 35.5 Å². The number of hydrogen-bond donors (Lipinski definition) is 2. The number of nitro groups is 1. The molecule has 7 nitrogen and oxygen atoms in total. The van der Waals surface area contributed by atoms with Gasteiger partial charge in [0.2, 0.25) is 5.88 Å². The monoisotopic (exact) mass is 324 g/mol. The molecular weight excluding hydrogens is 311 g/mol. The van der Waals surface area contributed by atoms with E-state index in [0.717, 1.165) is 0 Å². The topological polar surface area (TPSA) is 100.0 Å². The van der Waals surface area contributed by atoms with Gasteiger partial charge in [0.05, 0.1) is 11.2 Å². The maximum Gasteiger partial charge on any atom is 0.488 e. The molecule has 3 rings (SSSR count). The summed E-state index contributed by atoms with van der Waals surface area (Å²) in [6.07, 6.45) is 1.53. The molecule has 1 heterocycles. The van der Waals surface area contributed by atoms with Crippen LogP contribution in [-0.4, -0.2) is 22.1 Å². The highest BCUT2D eigenvalue weighted by atomic mass is 16.6. The summed E-state index contributed by atoms with van der Waals surface area (Å²) in [5, 5.41) is 29.2. The van der Waals surface area contributed by atoms with E-state index >= 15 is 0 Å². The zero-order chi connectivity index (χ0) is 17.1. The third-order valence-electron chi connectivity index (χ3n) is 3.49. The van der Waals surface area contributed by atoms with E-state index in [1.54, 1.807) is 53.4 Å². The summed E-state index contributed by atoms with van der Waals surface area (Å²) in [5.74, 6) is 0.529. The second-order valence-electron chi connectivity index (χ2n) is 5.03. The average Bonchev–Trinajstić information content (AvgIpc) is 3.10. The number of benzene rings is 2. The molecule has 0 aliphatic rings. The highest BCUT2D eigenvalue weighted by molar-refractivity contribution is 6.58. The summed E-state index contributed by atoms with van der Waals surface area (Å²) >= 11 is 0. The standard InChI is InChI=1S/C16H13BN2O5/c20-17(21)12-3-5-13(6-4-12)18(16-2-1-11-24-16)14-7-9-15(10-8-14)19(22)23/h1-11,20-21H. The lowest BCUT2D eigenvalue weighted by Crippen LogP contribution is -2.29. The van der Waals surface area contributed by atoms with Crippen molar-refractivity contribution in [2.75, 3.05) is 4.90 Å². The van der Waals surface area contributed by atoms with Gasteiger partial charge in [-0.3, -0.25) is 15.0 Å². The number of anilines is 3. The zero-order valence-corrected chi connectivity index (χ0v) is 12.4. The summed E-state index contributed by atoms with van der Waals surface area (Å²) in [7, 11) is -1.55. The second kappa shape index (κ2) is 6.57. The number of furan rings is 1. The normalized spacial score (nSPS) is 10.4. The maximum absolute atomic E-state index is 10.8. The summed E-state index contributed by atoms with van der Waals surface area (Å²) in [6, 6.07) is 16.1. The van der Waals surface area contributed by atoms with Crippen LogP contribution >= 0.6 is 0 Å². The van der Waals surface area contributed by atoms with Gasteiger partial charge in [0, 0.05) is 29.6 Å². The van der Waals surface area contributed by atoms with Crippen LogP contribution in [0.3, 0.4) is 0 Å². The van der Waals surface area contributed by atoms with Crippen LogP contribution in [-0.2, 0) is 0 Å². The SMILES string of the molecule is O=[N+]([O-])c1ccc(N(c2ccc(B(O)O)cc2)c2ccco2)cc1. The molecule has 0 bridgehead atoms. The van der Waals surface area contributed by atoms with E-state index in [-0.39, 0.29) is 5.69 Å². The summed E-state index contributed by atoms with van der Waals surface area (Å²) < 4.78 is 5.45. The van der Waals surface area contributed by atoms with Crippen LogP contribution in [0.15, 0.2) is 71.3 Å². The molecule has 0 atom stereocenters. The highest BCUT2D eigenvalue weighted by Crippen LogP contribution is 2.34. The number of nitrogens with zero attached hydrogens (tertiary/aromatic N) is 2. The Morgan fingerprint density at radius 3 is 2.00 bits per heavy atom. The van der Waals surface area contributed by atoms with E-state index in [0.29, 0.717) is 22.7 Å². The Morgan fingerprint density at radius 2 is 1.54 bits per heavy atom. The van der Waals surface area contributed by atoms with E-state index < -0.39 is 12.0 Å². The van der Waals surface area contributed by atoms with E-state index in [2.05, 4.69) is 0 Å². The minimum atomic E-state index is -1.55. The number of nitro benzene ring substituents is 1. The molecule has 3 aromatic rings. The van der Waals surface area contributed by atoms with Gasteiger partial charge >= 0.3 is 7.12 Å². The lowest BCUT2D eigenvalue weighted by atomic mass is 9.80. The molecule has 0 amide bonds. The Balaban J connectivity index is 2.02. The van der Waals surface area contributed by atoms with Gasteiger partial charge in [-0.05, 0) is 35.8 Å². The Bertz CT molecular complexity index is 817. The van der Waals surface area contributed by atoms with Gasteiger partial charge in [0.1, 0.15) is 0 Å². The highest BCUT2D eigenvalue weighted by Gasteiger charge is 2.17. The van der Waals surface area contributed by atoms with Gasteiger partial charge in [0.15, 0.2) is 0 Å². The minimum absolute atomic E-state index is 0.00287. The van der Waals surface area contributed by atoms with Crippen LogP contribution in [0.4, 0.5) is 22.9 Å². The van der Waals surface area contributed by atoms with Crippen molar-refractivity contribution in [3.63, 3.8) is 0 Å². The second-order valence-corrected chi connectivity index (χ2v) is 5.03. The molecule has 0 aliphatic heterocycles. The molecule has 0 saturated carbocycles. The maximum atomic E-state index is 10.8. The van der Waals surface area contributed by atoms with Crippen LogP contribution in [0.5, 0.6) is 0 Å². The predicted octanol–water partition coefficient (Wildman–Crippen LogP) is 2.34. The van der Waals surface area contributed by atoms with Crippen LogP contribution in [0.2, 0.25) is 0 Å². The largest absolute Gasteiger partial charge is 0.488 e. The minimum Gasteiger partial charge on any atom is -0.448 e. The fourth-order valence-electron chi connectivity index (χ4n) is 2.32. The van der Waals surface area contributed by atoms with Gasteiger partial charge in [-0.15, -0.1) is 0 Å². The van der Waals surface area contributed by atoms with E-state index in [1.165, 1.54) is 18.4 Å². The molecule has 0 fully saturated rings. The molecule has 8 heteroatoms. The van der Waals surface area contributed by atoms with E-state index in [1.807, 2.05) is 0 Å². The summed E-state index contributed by atoms with van der Waals surface area (Å²) in [5.41, 5.74) is 1.75. The van der Waals surface area contributed by atoms with Gasteiger partial charge in [0.25, 0.3) is 5.69 Å². The van der Waals surface area contributed by atoms with E-state index in [9.17, 15) is 20.2 Å². The third-order valence-corrected chi connectivity index (χ3v) is 3.49. The van der Waals surface area contributed by atoms with Crippen molar-refractivity contribution in [1.29, 1.82) is 0 Å². The first-order chi connectivity index (χ1) is 11.6. The Kier molecular flexibility index (Phi) is 4.32. The van der Waals surface area contributed by atoms with Gasteiger partial charge < -0.3 is 14.5 Å². The Morgan fingerprint density at radius 1 is 0.958 bits per heavy atom. The quantitative estimate of drug-likeness (QED) is 0.424. The lowest BCUT2D eigenvalue weighted by Gasteiger charge is -2.22. The third kappa shape index (κ3) is 3.14. The van der Waals surface area contributed by atoms with E-state index in [4.69, 9.17) is 4.42 Å². The number of non-ortho nitro benzene ring substituents is 1. The molecule has 0 spiro atoms. The van der Waals surface area contributed by atoms with Crippen molar-refractivity contribution in [3.05, 3.63) is 77.0 Å². The van der Waals surface area contributed by atoms with Gasteiger partial charge in [-0.2, -0.15) is 0 Å². The van der Waals surface area contributed by atoms with Gasteiger partial charge in [-0.1, -0.05) is 12.1 Å². The smallest absolute Gasteiger partial charge is 0.448 e. The first kappa shape index (κ1) is 15.8. The molecule has 0 aliphatic carbocycles. The number of rotatable bonds is 5. The predicted molar refractivity (Wildman–Crippen MR) is 89.9 cm³/mol. The first-order valence-electron chi connectivity index (χ1n) is 7.10. The van der Waals surface area contributed by atoms with Crippen LogP contribution < -0.4 is 10.4 Å². The average molecular weight is 324 g/mol. The molecular formula is C16H13BN2O5.